The number of hydrogen-bond acceptors (Lipinski definition) is 4. The van der Waals surface area contributed by atoms with Gasteiger partial charge in [-0.25, -0.2) is 0 Å². The molecule has 1 amide bonds. The van der Waals surface area contributed by atoms with Gasteiger partial charge in [-0.3, -0.25) is 9.79 Å². The molecular weight excluding hydrogens is 254 g/mol. The van der Waals surface area contributed by atoms with Gasteiger partial charge in [0, 0.05) is 26.2 Å². The van der Waals surface area contributed by atoms with E-state index in [9.17, 15) is 4.79 Å². The SMILES string of the molecule is O=C(C1=NCCCCN1)N(CCO)Cc1ccccc1. The van der Waals surface area contributed by atoms with Crippen LogP contribution < -0.4 is 5.32 Å². The quantitative estimate of drug-likeness (QED) is 0.835. The molecule has 0 saturated carbocycles. The zero-order valence-electron chi connectivity index (χ0n) is 11.6. The number of nitrogens with zero attached hydrogens (tertiary/aromatic N) is 2. The number of aliphatic hydroxyl groups excluding tert-OH is 1. The van der Waals surface area contributed by atoms with Crippen molar-refractivity contribution in [2.24, 2.45) is 4.99 Å². The van der Waals surface area contributed by atoms with E-state index in [1.165, 1.54) is 0 Å². The van der Waals surface area contributed by atoms with Crippen LogP contribution in [-0.2, 0) is 11.3 Å². The monoisotopic (exact) mass is 275 g/mol. The molecule has 0 fully saturated rings. The van der Waals surface area contributed by atoms with Crippen molar-refractivity contribution in [1.82, 2.24) is 10.2 Å². The van der Waals surface area contributed by atoms with Gasteiger partial charge in [-0.05, 0) is 18.4 Å². The summed E-state index contributed by atoms with van der Waals surface area (Å²) in [6.07, 6.45) is 2.03. The van der Waals surface area contributed by atoms with Crippen molar-refractivity contribution in [3.05, 3.63) is 35.9 Å². The summed E-state index contributed by atoms with van der Waals surface area (Å²) in [5.74, 6) is 0.289. The van der Waals surface area contributed by atoms with Gasteiger partial charge in [0.25, 0.3) is 5.91 Å². The van der Waals surface area contributed by atoms with Crippen molar-refractivity contribution in [2.45, 2.75) is 19.4 Å². The van der Waals surface area contributed by atoms with Gasteiger partial charge in [0.2, 0.25) is 0 Å². The van der Waals surface area contributed by atoms with Gasteiger partial charge in [-0.2, -0.15) is 0 Å². The number of rotatable bonds is 5. The third-order valence-corrected chi connectivity index (χ3v) is 3.22. The Morgan fingerprint density at radius 1 is 1.30 bits per heavy atom. The summed E-state index contributed by atoms with van der Waals surface area (Å²) in [7, 11) is 0. The van der Waals surface area contributed by atoms with Crippen molar-refractivity contribution in [3.63, 3.8) is 0 Å². The van der Waals surface area contributed by atoms with Gasteiger partial charge in [0.05, 0.1) is 6.61 Å². The van der Waals surface area contributed by atoms with Crippen molar-refractivity contribution in [1.29, 1.82) is 0 Å². The second-order valence-corrected chi connectivity index (χ2v) is 4.80. The molecule has 2 rings (SSSR count). The molecule has 1 aromatic carbocycles. The molecule has 0 saturated heterocycles. The lowest BCUT2D eigenvalue weighted by Crippen LogP contribution is -2.43. The molecule has 1 aliphatic rings. The van der Waals surface area contributed by atoms with E-state index >= 15 is 0 Å². The Balaban J connectivity index is 2.07. The average molecular weight is 275 g/mol. The molecule has 0 spiro atoms. The third kappa shape index (κ3) is 4.06. The Morgan fingerprint density at radius 3 is 2.85 bits per heavy atom. The van der Waals surface area contributed by atoms with E-state index in [0.717, 1.165) is 24.9 Å². The molecule has 0 aromatic heterocycles. The highest BCUT2D eigenvalue weighted by molar-refractivity contribution is 6.37. The van der Waals surface area contributed by atoms with Gasteiger partial charge < -0.3 is 15.3 Å². The number of amidine groups is 1. The van der Waals surface area contributed by atoms with Crippen LogP contribution in [-0.4, -0.2) is 48.0 Å². The standard InChI is InChI=1S/C15H21N3O2/c19-11-10-18(12-13-6-2-1-3-7-13)15(20)14-16-8-4-5-9-17-14/h1-3,6-7,19H,4-5,8-12H2,(H,16,17). The van der Waals surface area contributed by atoms with E-state index in [1.54, 1.807) is 4.90 Å². The first-order valence-electron chi connectivity index (χ1n) is 7.03. The van der Waals surface area contributed by atoms with Crippen molar-refractivity contribution >= 4 is 11.7 Å². The predicted molar refractivity (Wildman–Crippen MR) is 78.5 cm³/mol. The molecule has 20 heavy (non-hydrogen) atoms. The minimum absolute atomic E-state index is 0.0497. The van der Waals surface area contributed by atoms with E-state index in [-0.39, 0.29) is 12.5 Å². The highest BCUT2D eigenvalue weighted by Crippen LogP contribution is 2.06. The molecule has 1 aromatic rings. The fourth-order valence-electron chi connectivity index (χ4n) is 2.16. The van der Waals surface area contributed by atoms with E-state index < -0.39 is 0 Å². The molecule has 5 nitrogen and oxygen atoms in total. The first kappa shape index (κ1) is 14.5. The Morgan fingerprint density at radius 2 is 2.10 bits per heavy atom. The second kappa shape index (κ2) is 7.65. The minimum Gasteiger partial charge on any atom is -0.395 e. The number of aliphatic hydroxyl groups is 1. The van der Waals surface area contributed by atoms with E-state index in [4.69, 9.17) is 5.11 Å². The summed E-state index contributed by atoms with van der Waals surface area (Å²) in [6, 6.07) is 9.77. The van der Waals surface area contributed by atoms with Gasteiger partial charge in [0.1, 0.15) is 0 Å². The Kier molecular flexibility index (Phi) is 5.55. The predicted octanol–water partition coefficient (Wildman–Crippen LogP) is 0.789. The van der Waals surface area contributed by atoms with Crippen LogP contribution in [0.2, 0.25) is 0 Å². The highest BCUT2D eigenvalue weighted by Gasteiger charge is 2.20. The first-order chi connectivity index (χ1) is 9.81. The highest BCUT2D eigenvalue weighted by atomic mass is 16.3. The molecule has 2 N–H and O–H groups in total. The maximum absolute atomic E-state index is 12.5. The Hall–Kier alpha value is -1.88. The van der Waals surface area contributed by atoms with Gasteiger partial charge >= 0.3 is 0 Å². The second-order valence-electron chi connectivity index (χ2n) is 4.80. The normalized spacial score (nSPS) is 14.9. The molecule has 0 unspecified atom stereocenters. The van der Waals surface area contributed by atoms with Crippen LogP contribution in [0.15, 0.2) is 35.3 Å². The summed E-state index contributed by atoms with van der Waals surface area (Å²) in [5, 5.41) is 12.2. The summed E-state index contributed by atoms with van der Waals surface area (Å²) in [4.78, 5) is 18.4. The maximum Gasteiger partial charge on any atom is 0.289 e. The number of nitrogens with one attached hydrogen (secondary N) is 1. The topological polar surface area (TPSA) is 64.9 Å². The zero-order valence-corrected chi connectivity index (χ0v) is 11.6. The molecule has 0 radical (unpaired) electrons. The lowest BCUT2D eigenvalue weighted by Gasteiger charge is -2.22. The molecule has 0 aliphatic carbocycles. The minimum atomic E-state index is -0.134. The molecule has 1 aliphatic heterocycles. The summed E-state index contributed by atoms with van der Waals surface area (Å²) in [6.45, 7) is 2.22. The number of amides is 1. The largest absolute Gasteiger partial charge is 0.395 e. The van der Waals surface area contributed by atoms with Gasteiger partial charge in [-0.1, -0.05) is 30.3 Å². The molecule has 108 valence electrons. The lowest BCUT2D eigenvalue weighted by molar-refractivity contribution is -0.125. The third-order valence-electron chi connectivity index (χ3n) is 3.22. The van der Waals surface area contributed by atoms with Crippen LogP contribution in [0, 0.1) is 0 Å². The van der Waals surface area contributed by atoms with Gasteiger partial charge in [0.15, 0.2) is 5.84 Å². The number of carbonyl (C=O) groups is 1. The lowest BCUT2D eigenvalue weighted by atomic mass is 10.2. The van der Waals surface area contributed by atoms with E-state index in [2.05, 4.69) is 10.3 Å². The zero-order chi connectivity index (χ0) is 14.2. The molecule has 5 heteroatoms. The van der Waals surface area contributed by atoms with Crippen LogP contribution >= 0.6 is 0 Å². The van der Waals surface area contributed by atoms with Crippen LogP contribution in [0.4, 0.5) is 0 Å². The van der Waals surface area contributed by atoms with Crippen molar-refractivity contribution in [3.8, 4) is 0 Å². The van der Waals surface area contributed by atoms with Gasteiger partial charge in [-0.15, -0.1) is 0 Å². The number of aliphatic imine (C=N–C) groups is 1. The Labute approximate surface area is 119 Å². The van der Waals surface area contributed by atoms with Crippen molar-refractivity contribution in [2.75, 3.05) is 26.2 Å². The fourth-order valence-corrected chi connectivity index (χ4v) is 2.16. The summed E-state index contributed by atoms with van der Waals surface area (Å²) >= 11 is 0. The van der Waals surface area contributed by atoms with Crippen LogP contribution in [0.5, 0.6) is 0 Å². The number of carbonyl (C=O) groups excluding carboxylic acids is 1. The van der Waals surface area contributed by atoms with Crippen LogP contribution in [0.25, 0.3) is 0 Å². The smallest absolute Gasteiger partial charge is 0.289 e. The molecular formula is C15H21N3O2. The molecule has 1 heterocycles. The van der Waals surface area contributed by atoms with E-state index in [1.807, 2.05) is 30.3 Å². The number of benzene rings is 1. The molecule has 0 atom stereocenters. The summed E-state index contributed by atoms with van der Waals surface area (Å²) < 4.78 is 0. The van der Waals surface area contributed by atoms with Crippen molar-refractivity contribution < 1.29 is 9.90 Å². The number of hydrogen-bond donors (Lipinski definition) is 2. The maximum atomic E-state index is 12.5. The molecule has 0 bridgehead atoms. The van der Waals surface area contributed by atoms with E-state index in [0.29, 0.717) is 25.5 Å². The first-order valence-corrected chi connectivity index (χ1v) is 7.03. The average Bonchev–Trinajstić information content (AvgIpc) is 2.76. The summed E-state index contributed by atoms with van der Waals surface area (Å²) in [5.41, 5.74) is 1.04. The van der Waals surface area contributed by atoms with Crippen LogP contribution in [0.3, 0.4) is 0 Å². The fraction of sp³-hybridized carbons (Fsp3) is 0.467. The Bertz CT molecular complexity index is 459. The van der Waals surface area contributed by atoms with Crippen LogP contribution in [0.1, 0.15) is 18.4 Å².